The highest BCUT2D eigenvalue weighted by molar-refractivity contribution is 8.01. The summed E-state index contributed by atoms with van der Waals surface area (Å²) >= 11 is 1.63. The molecule has 6 heteroatoms. The summed E-state index contributed by atoms with van der Waals surface area (Å²) in [6.45, 7) is 8.90. The summed E-state index contributed by atoms with van der Waals surface area (Å²) in [5.74, 6) is 1.03. The zero-order valence-electron chi connectivity index (χ0n) is 15.7. The van der Waals surface area contributed by atoms with Gasteiger partial charge in [-0.05, 0) is 26.8 Å². The van der Waals surface area contributed by atoms with Crippen LogP contribution < -0.4 is 4.74 Å². The van der Waals surface area contributed by atoms with E-state index in [1.807, 2.05) is 61.8 Å². The molecule has 1 aromatic rings. The third kappa shape index (κ3) is 4.29. The van der Waals surface area contributed by atoms with E-state index in [0.717, 1.165) is 11.3 Å². The number of carbonyl (C=O) groups is 2. The predicted molar refractivity (Wildman–Crippen MR) is 102 cm³/mol. The van der Waals surface area contributed by atoms with Crippen LogP contribution in [0, 0.1) is 0 Å². The molecule has 0 saturated carbocycles. The molecule has 1 aliphatic rings. The Balaban J connectivity index is 2.21. The highest BCUT2D eigenvalue weighted by atomic mass is 32.2. The van der Waals surface area contributed by atoms with Crippen molar-refractivity contribution in [3.63, 3.8) is 0 Å². The number of ether oxygens (including phenoxy) is 1. The van der Waals surface area contributed by atoms with Crippen LogP contribution in [0.1, 0.15) is 45.1 Å². The van der Waals surface area contributed by atoms with E-state index in [1.54, 1.807) is 18.9 Å². The largest absolute Gasteiger partial charge is 0.496 e. The highest BCUT2D eigenvalue weighted by Crippen LogP contribution is 2.45. The van der Waals surface area contributed by atoms with Crippen molar-refractivity contribution >= 4 is 23.6 Å². The molecule has 1 aliphatic heterocycles. The molecule has 1 fully saturated rings. The summed E-state index contributed by atoms with van der Waals surface area (Å²) in [6, 6.07) is 7.94. The molecule has 5 nitrogen and oxygen atoms in total. The molecule has 1 heterocycles. The molecular weight excluding hydrogens is 336 g/mol. The Morgan fingerprint density at radius 3 is 2.64 bits per heavy atom. The lowest BCUT2D eigenvalue weighted by Gasteiger charge is -2.31. The predicted octanol–water partition coefficient (Wildman–Crippen LogP) is 3.30. The van der Waals surface area contributed by atoms with Crippen molar-refractivity contribution in [2.24, 2.45) is 0 Å². The van der Waals surface area contributed by atoms with E-state index in [0.29, 0.717) is 19.5 Å². The van der Waals surface area contributed by atoms with E-state index in [9.17, 15) is 9.59 Å². The smallest absolute Gasteiger partial charge is 0.236 e. The molecule has 138 valence electrons. The number of hydrogen-bond acceptors (Lipinski definition) is 4. The quantitative estimate of drug-likeness (QED) is 0.745. The number of amides is 2. The van der Waals surface area contributed by atoms with Gasteiger partial charge in [-0.1, -0.05) is 25.1 Å². The second-order valence-corrected chi connectivity index (χ2v) is 7.86. The van der Waals surface area contributed by atoms with Crippen molar-refractivity contribution < 1.29 is 14.3 Å². The first kappa shape index (κ1) is 19.6. The molecule has 2 rings (SSSR count). The number of para-hydroxylation sites is 1. The Kier molecular flexibility index (Phi) is 6.76. The van der Waals surface area contributed by atoms with Gasteiger partial charge in [0.2, 0.25) is 11.8 Å². The topological polar surface area (TPSA) is 49.9 Å². The minimum Gasteiger partial charge on any atom is -0.496 e. The molecule has 25 heavy (non-hydrogen) atoms. The molecule has 2 amide bonds. The number of carbonyl (C=O) groups excluding carboxylic acids is 2. The first-order chi connectivity index (χ1) is 11.9. The van der Waals surface area contributed by atoms with Gasteiger partial charge in [0, 0.05) is 31.1 Å². The Labute approximate surface area is 154 Å². The molecule has 0 radical (unpaired) electrons. The number of benzene rings is 1. The van der Waals surface area contributed by atoms with Gasteiger partial charge in [-0.3, -0.25) is 9.59 Å². The van der Waals surface area contributed by atoms with Crippen LogP contribution in [0.5, 0.6) is 5.75 Å². The van der Waals surface area contributed by atoms with E-state index < -0.39 is 0 Å². The van der Waals surface area contributed by atoms with Gasteiger partial charge in [0.1, 0.15) is 11.1 Å². The summed E-state index contributed by atoms with van der Waals surface area (Å²) in [5, 5.41) is -0.173. The first-order valence-corrected chi connectivity index (χ1v) is 9.73. The molecule has 0 bridgehead atoms. The second-order valence-electron chi connectivity index (χ2n) is 6.44. The molecule has 1 saturated heterocycles. The number of hydrogen-bond donors (Lipinski definition) is 0. The third-order valence-corrected chi connectivity index (χ3v) is 5.86. The van der Waals surface area contributed by atoms with Gasteiger partial charge in [0.25, 0.3) is 0 Å². The van der Waals surface area contributed by atoms with Crippen molar-refractivity contribution in [1.29, 1.82) is 0 Å². The fraction of sp³-hybridized carbons (Fsp3) is 0.579. The standard InChI is InChI=1S/C19H28N2O3S/c1-6-17(22)20(13(2)3)11-12-21-18(23)14(4)25-19(21)15-9-7-8-10-16(15)24-5/h7-10,13-14,19H,6,11-12H2,1-5H3/t14-,19+/m0/s1. The molecule has 0 spiro atoms. The van der Waals surface area contributed by atoms with Crippen LogP contribution in [0.4, 0.5) is 0 Å². The summed E-state index contributed by atoms with van der Waals surface area (Å²) in [7, 11) is 1.65. The molecule has 0 aromatic heterocycles. The van der Waals surface area contributed by atoms with Crippen molar-refractivity contribution in [3.8, 4) is 5.75 Å². The minimum atomic E-state index is -0.0933. The average molecular weight is 365 g/mol. The van der Waals surface area contributed by atoms with Gasteiger partial charge in [0.05, 0.1) is 12.4 Å². The zero-order chi connectivity index (χ0) is 18.6. The highest BCUT2D eigenvalue weighted by Gasteiger charge is 2.39. The van der Waals surface area contributed by atoms with Crippen LogP contribution in [0.15, 0.2) is 24.3 Å². The van der Waals surface area contributed by atoms with E-state index in [4.69, 9.17) is 4.74 Å². The average Bonchev–Trinajstić information content (AvgIpc) is 2.89. The summed E-state index contributed by atoms with van der Waals surface area (Å²) in [6.07, 6.45) is 0.479. The lowest BCUT2D eigenvalue weighted by Crippen LogP contribution is -2.43. The van der Waals surface area contributed by atoms with E-state index >= 15 is 0 Å². The van der Waals surface area contributed by atoms with Crippen molar-refractivity contribution in [2.45, 2.75) is 50.8 Å². The Morgan fingerprint density at radius 2 is 2.04 bits per heavy atom. The maximum absolute atomic E-state index is 12.7. The summed E-state index contributed by atoms with van der Waals surface area (Å²) in [5.41, 5.74) is 1.01. The fourth-order valence-corrected chi connectivity index (χ4v) is 4.44. The number of methoxy groups -OCH3 is 1. The van der Waals surface area contributed by atoms with E-state index in [2.05, 4.69) is 0 Å². The molecular formula is C19H28N2O3S. The van der Waals surface area contributed by atoms with Gasteiger partial charge in [0.15, 0.2) is 0 Å². The summed E-state index contributed by atoms with van der Waals surface area (Å²) in [4.78, 5) is 28.6. The molecule has 0 aliphatic carbocycles. The number of thioether (sulfide) groups is 1. The number of rotatable bonds is 7. The third-order valence-electron chi connectivity index (χ3n) is 4.48. The van der Waals surface area contributed by atoms with Crippen LogP contribution in [0.2, 0.25) is 0 Å². The van der Waals surface area contributed by atoms with E-state index in [1.165, 1.54) is 0 Å². The fourth-order valence-electron chi connectivity index (χ4n) is 3.10. The summed E-state index contributed by atoms with van der Waals surface area (Å²) < 4.78 is 5.48. The van der Waals surface area contributed by atoms with E-state index in [-0.39, 0.29) is 28.5 Å². The van der Waals surface area contributed by atoms with Crippen LogP contribution in [0.25, 0.3) is 0 Å². The molecule has 0 N–H and O–H groups in total. The normalized spacial score (nSPS) is 20.2. The van der Waals surface area contributed by atoms with Gasteiger partial charge in [-0.2, -0.15) is 0 Å². The van der Waals surface area contributed by atoms with Crippen molar-refractivity contribution in [1.82, 2.24) is 9.80 Å². The minimum absolute atomic E-state index is 0.0793. The van der Waals surface area contributed by atoms with Crippen LogP contribution in [-0.4, -0.2) is 53.1 Å². The van der Waals surface area contributed by atoms with Gasteiger partial charge in [-0.15, -0.1) is 11.8 Å². The Morgan fingerprint density at radius 1 is 1.36 bits per heavy atom. The van der Waals surface area contributed by atoms with Gasteiger partial charge < -0.3 is 14.5 Å². The van der Waals surface area contributed by atoms with Crippen molar-refractivity contribution in [3.05, 3.63) is 29.8 Å². The van der Waals surface area contributed by atoms with Gasteiger partial charge in [-0.25, -0.2) is 0 Å². The maximum atomic E-state index is 12.7. The van der Waals surface area contributed by atoms with Crippen molar-refractivity contribution in [2.75, 3.05) is 20.2 Å². The van der Waals surface area contributed by atoms with Crippen LogP contribution >= 0.6 is 11.8 Å². The van der Waals surface area contributed by atoms with Gasteiger partial charge >= 0.3 is 0 Å². The lowest BCUT2D eigenvalue weighted by atomic mass is 10.1. The molecule has 1 aromatic carbocycles. The number of nitrogens with zero attached hydrogens (tertiary/aromatic N) is 2. The Bertz CT molecular complexity index is 620. The maximum Gasteiger partial charge on any atom is 0.236 e. The van der Waals surface area contributed by atoms with Crippen LogP contribution in [-0.2, 0) is 9.59 Å². The first-order valence-electron chi connectivity index (χ1n) is 8.79. The zero-order valence-corrected chi connectivity index (χ0v) is 16.5. The Hall–Kier alpha value is -1.69. The molecule has 0 unspecified atom stereocenters. The molecule has 2 atom stereocenters. The van der Waals surface area contributed by atoms with Crippen LogP contribution in [0.3, 0.4) is 0 Å². The lowest BCUT2D eigenvalue weighted by molar-refractivity contribution is -0.135. The monoisotopic (exact) mass is 364 g/mol. The second kappa shape index (κ2) is 8.61. The SMILES string of the molecule is CCC(=O)N(CCN1C(=O)[C@H](C)S[C@@H]1c1ccccc1OC)C(C)C.